The van der Waals surface area contributed by atoms with E-state index in [2.05, 4.69) is 0 Å². The van der Waals surface area contributed by atoms with Crippen LogP contribution in [0.4, 0.5) is 18.9 Å². The van der Waals surface area contributed by atoms with Crippen LogP contribution in [-0.4, -0.2) is 4.92 Å². The third-order valence-corrected chi connectivity index (χ3v) is 3.49. The van der Waals surface area contributed by atoms with E-state index in [1.54, 1.807) is 0 Å². The summed E-state index contributed by atoms with van der Waals surface area (Å²) < 4.78 is 39.2. The van der Waals surface area contributed by atoms with E-state index in [1.165, 1.54) is 18.2 Å². The summed E-state index contributed by atoms with van der Waals surface area (Å²) in [4.78, 5) is 10.1. The Morgan fingerprint density at radius 2 is 1.71 bits per heavy atom. The lowest BCUT2D eigenvalue weighted by Gasteiger charge is -2.13. The van der Waals surface area contributed by atoms with Crippen molar-refractivity contribution in [1.82, 2.24) is 0 Å². The van der Waals surface area contributed by atoms with Gasteiger partial charge in [-0.2, -0.15) is 13.2 Å². The van der Waals surface area contributed by atoms with Gasteiger partial charge in [0.05, 0.1) is 26.1 Å². The van der Waals surface area contributed by atoms with Crippen molar-refractivity contribution >= 4 is 28.9 Å². The Morgan fingerprint density at radius 3 is 2.24 bits per heavy atom. The van der Waals surface area contributed by atoms with E-state index in [4.69, 9.17) is 23.2 Å². The molecule has 0 spiro atoms. The predicted molar refractivity (Wildman–Crippen MR) is 73.6 cm³/mol. The van der Waals surface area contributed by atoms with Crippen LogP contribution in [0.1, 0.15) is 5.56 Å². The molecule has 0 unspecified atom stereocenters. The number of nitrogens with zero attached hydrogens (tertiary/aromatic N) is 1. The fourth-order valence-electron chi connectivity index (χ4n) is 1.88. The first-order valence-corrected chi connectivity index (χ1v) is 6.27. The van der Waals surface area contributed by atoms with Crippen molar-refractivity contribution in [3.05, 3.63) is 62.1 Å². The molecule has 2 rings (SSSR count). The number of benzene rings is 2. The first-order valence-electron chi connectivity index (χ1n) is 5.52. The van der Waals surface area contributed by atoms with E-state index < -0.39 is 27.9 Å². The molecule has 0 aliphatic heterocycles. The largest absolute Gasteiger partial charge is 0.417 e. The summed E-state index contributed by atoms with van der Waals surface area (Å²) in [7, 11) is 0. The summed E-state index contributed by atoms with van der Waals surface area (Å²) in [5.41, 5.74) is -2.31. The third kappa shape index (κ3) is 3.11. The van der Waals surface area contributed by atoms with Crippen LogP contribution in [0.3, 0.4) is 0 Å². The van der Waals surface area contributed by atoms with Gasteiger partial charge in [-0.05, 0) is 23.8 Å². The molecule has 3 nitrogen and oxygen atoms in total. The Hall–Kier alpha value is -1.79. The van der Waals surface area contributed by atoms with Gasteiger partial charge in [-0.3, -0.25) is 10.1 Å². The normalized spacial score (nSPS) is 11.5. The maximum atomic E-state index is 13.1. The zero-order valence-corrected chi connectivity index (χ0v) is 11.6. The topological polar surface area (TPSA) is 43.1 Å². The van der Waals surface area contributed by atoms with E-state index in [0.29, 0.717) is 0 Å². The fraction of sp³-hybridized carbons (Fsp3) is 0.0769. The molecule has 0 N–H and O–H groups in total. The van der Waals surface area contributed by atoms with Gasteiger partial charge in [0.25, 0.3) is 5.69 Å². The van der Waals surface area contributed by atoms with E-state index in [0.717, 1.165) is 18.2 Å². The van der Waals surface area contributed by atoms with Crippen LogP contribution in [0.15, 0.2) is 36.4 Å². The average Bonchev–Trinajstić information content (AvgIpc) is 2.40. The van der Waals surface area contributed by atoms with Gasteiger partial charge in [-0.25, -0.2) is 0 Å². The molecular formula is C13H6Cl2F3NO2. The molecule has 0 aliphatic rings. The SMILES string of the molecule is O=[N+]([O-])c1cccc(C(F)(F)F)c1-c1ccc(Cl)c(Cl)c1. The van der Waals surface area contributed by atoms with E-state index in [1.807, 2.05) is 0 Å². The van der Waals surface area contributed by atoms with Gasteiger partial charge in [0.15, 0.2) is 0 Å². The molecule has 0 amide bonds. The predicted octanol–water partition coefficient (Wildman–Crippen LogP) is 5.59. The van der Waals surface area contributed by atoms with Gasteiger partial charge in [0, 0.05) is 6.07 Å². The lowest BCUT2D eigenvalue weighted by Crippen LogP contribution is -2.08. The monoisotopic (exact) mass is 335 g/mol. The average molecular weight is 336 g/mol. The Kier molecular flexibility index (Phi) is 4.11. The molecule has 0 heterocycles. The standard InChI is InChI=1S/C13H6Cl2F3NO2/c14-9-5-4-7(6-10(9)15)12-8(13(16,17)18)2-1-3-11(12)19(20)21/h1-6H. The van der Waals surface area contributed by atoms with Crippen LogP contribution in [0.5, 0.6) is 0 Å². The minimum Gasteiger partial charge on any atom is -0.258 e. The van der Waals surface area contributed by atoms with Gasteiger partial charge < -0.3 is 0 Å². The first kappa shape index (κ1) is 15.6. The molecule has 0 saturated carbocycles. The molecule has 2 aromatic rings. The minimum absolute atomic E-state index is 0.0143. The van der Waals surface area contributed by atoms with Crippen LogP contribution < -0.4 is 0 Å². The lowest BCUT2D eigenvalue weighted by molar-refractivity contribution is -0.384. The Morgan fingerprint density at radius 1 is 1.05 bits per heavy atom. The second-order valence-corrected chi connectivity index (χ2v) is 4.90. The number of hydrogen-bond acceptors (Lipinski definition) is 2. The molecule has 21 heavy (non-hydrogen) atoms. The summed E-state index contributed by atoms with van der Waals surface area (Å²) in [6.07, 6.45) is -4.73. The number of alkyl halides is 3. The highest BCUT2D eigenvalue weighted by atomic mass is 35.5. The number of hydrogen-bond donors (Lipinski definition) is 0. The highest BCUT2D eigenvalue weighted by molar-refractivity contribution is 6.42. The van der Waals surface area contributed by atoms with Crippen molar-refractivity contribution in [2.45, 2.75) is 6.18 Å². The van der Waals surface area contributed by atoms with Gasteiger partial charge in [0.2, 0.25) is 0 Å². The van der Waals surface area contributed by atoms with Crippen molar-refractivity contribution < 1.29 is 18.1 Å². The Bertz CT molecular complexity index is 717. The molecule has 110 valence electrons. The van der Waals surface area contributed by atoms with Crippen LogP contribution >= 0.6 is 23.2 Å². The zero-order chi connectivity index (χ0) is 15.8. The van der Waals surface area contributed by atoms with Gasteiger partial charge >= 0.3 is 6.18 Å². The molecule has 8 heteroatoms. The third-order valence-electron chi connectivity index (χ3n) is 2.75. The first-order chi connectivity index (χ1) is 9.71. The fourth-order valence-corrected chi connectivity index (χ4v) is 2.18. The summed E-state index contributed by atoms with van der Waals surface area (Å²) >= 11 is 11.5. The van der Waals surface area contributed by atoms with Crippen molar-refractivity contribution in [2.75, 3.05) is 0 Å². The van der Waals surface area contributed by atoms with Crippen molar-refractivity contribution in [3.8, 4) is 11.1 Å². The maximum Gasteiger partial charge on any atom is 0.417 e. The molecule has 0 saturated heterocycles. The second-order valence-electron chi connectivity index (χ2n) is 4.08. The van der Waals surface area contributed by atoms with Gasteiger partial charge in [-0.1, -0.05) is 35.3 Å². The molecule has 0 bridgehead atoms. The number of halogens is 5. The van der Waals surface area contributed by atoms with E-state index in [9.17, 15) is 23.3 Å². The lowest BCUT2D eigenvalue weighted by atomic mass is 9.97. The van der Waals surface area contributed by atoms with Crippen LogP contribution in [0.2, 0.25) is 10.0 Å². The van der Waals surface area contributed by atoms with Crippen LogP contribution in [0.25, 0.3) is 11.1 Å². The summed E-state index contributed by atoms with van der Waals surface area (Å²) in [5.74, 6) is 0. The van der Waals surface area contributed by atoms with Gasteiger partial charge in [-0.15, -0.1) is 0 Å². The Labute approximate surface area is 127 Å². The highest BCUT2D eigenvalue weighted by Crippen LogP contribution is 2.43. The molecule has 0 radical (unpaired) electrons. The number of nitro groups is 1. The number of rotatable bonds is 2. The van der Waals surface area contributed by atoms with Gasteiger partial charge in [0.1, 0.15) is 0 Å². The molecule has 0 aromatic heterocycles. The van der Waals surface area contributed by atoms with Crippen LogP contribution in [-0.2, 0) is 6.18 Å². The second kappa shape index (κ2) is 5.54. The molecule has 0 fully saturated rings. The maximum absolute atomic E-state index is 13.1. The summed E-state index contributed by atoms with van der Waals surface area (Å²) in [6, 6.07) is 6.49. The summed E-state index contributed by atoms with van der Waals surface area (Å²) in [5, 5.41) is 11.2. The van der Waals surface area contributed by atoms with Crippen molar-refractivity contribution in [1.29, 1.82) is 0 Å². The van der Waals surface area contributed by atoms with Crippen molar-refractivity contribution in [3.63, 3.8) is 0 Å². The molecular weight excluding hydrogens is 330 g/mol. The molecule has 0 atom stereocenters. The Balaban J connectivity index is 2.81. The number of nitro benzene ring substituents is 1. The van der Waals surface area contributed by atoms with E-state index in [-0.39, 0.29) is 15.6 Å². The highest BCUT2D eigenvalue weighted by Gasteiger charge is 2.37. The molecule has 2 aromatic carbocycles. The zero-order valence-electron chi connectivity index (χ0n) is 10.1. The molecule has 0 aliphatic carbocycles. The van der Waals surface area contributed by atoms with E-state index >= 15 is 0 Å². The van der Waals surface area contributed by atoms with Crippen LogP contribution in [0, 0.1) is 10.1 Å². The smallest absolute Gasteiger partial charge is 0.258 e. The quantitative estimate of drug-likeness (QED) is 0.530. The minimum atomic E-state index is -4.73. The summed E-state index contributed by atoms with van der Waals surface area (Å²) in [6.45, 7) is 0. The van der Waals surface area contributed by atoms with Crippen molar-refractivity contribution in [2.24, 2.45) is 0 Å².